The highest BCUT2D eigenvalue weighted by Crippen LogP contribution is 1.97. The molecular weight excluding hydrogens is 168 g/mol. The summed E-state index contributed by atoms with van der Waals surface area (Å²) in [5.74, 6) is 0.128. The molecule has 0 amide bonds. The molecule has 4 nitrogen and oxygen atoms in total. The summed E-state index contributed by atoms with van der Waals surface area (Å²) in [7, 11) is 2.14. The predicted molar refractivity (Wildman–Crippen MR) is 49.9 cm³/mol. The molecule has 1 atom stereocenters. The van der Waals surface area contributed by atoms with Gasteiger partial charge in [-0.05, 0) is 0 Å². The second-order valence-electron chi connectivity index (χ2n) is 3.93. The van der Waals surface area contributed by atoms with E-state index in [2.05, 4.69) is 12.4 Å². The first-order valence-corrected chi connectivity index (χ1v) is 4.92. The first kappa shape index (κ1) is 10.5. The fraction of sp³-hybridized carbons (Fsp3) is 0.889. The van der Waals surface area contributed by atoms with Crippen LogP contribution in [0.5, 0.6) is 0 Å². The van der Waals surface area contributed by atoms with E-state index in [4.69, 9.17) is 5.11 Å². The van der Waals surface area contributed by atoms with Gasteiger partial charge < -0.3 is 15.3 Å². The average molecular weight is 187 g/mol. The molecule has 3 N–H and O–H groups in total. The van der Waals surface area contributed by atoms with Gasteiger partial charge in [-0.2, -0.15) is 0 Å². The molecule has 13 heavy (non-hydrogen) atoms. The molecule has 4 heteroatoms. The van der Waals surface area contributed by atoms with Gasteiger partial charge in [-0.3, -0.25) is 4.79 Å². The summed E-state index contributed by atoms with van der Waals surface area (Å²) in [5, 5.41) is 11.7. The summed E-state index contributed by atoms with van der Waals surface area (Å²) in [5.41, 5.74) is 0. The van der Waals surface area contributed by atoms with E-state index in [0.717, 1.165) is 32.0 Å². The van der Waals surface area contributed by atoms with Gasteiger partial charge in [0, 0.05) is 25.4 Å². The van der Waals surface area contributed by atoms with Crippen molar-refractivity contribution >= 4 is 5.97 Å². The lowest BCUT2D eigenvalue weighted by Gasteiger charge is -2.28. The molecule has 1 aliphatic heterocycles. The Morgan fingerprint density at radius 3 is 2.77 bits per heavy atom. The van der Waals surface area contributed by atoms with Crippen LogP contribution in [0.15, 0.2) is 0 Å². The summed E-state index contributed by atoms with van der Waals surface area (Å²) in [6.07, 6.45) is 1.10. The Labute approximate surface area is 78.9 Å². The molecule has 1 fully saturated rings. The number of rotatable bonds is 6. The van der Waals surface area contributed by atoms with Gasteiger partial charge in [-0.25, -0.2) is 0 Å². The predicted octanol–water partition coefficient (Wildman–Crippen LogP) is -1.41. The van der Waals surface area contributed by atoms with Crippen molar-refractivity contribution in [3.63, 3.8) is 0 Å². The van der Waals surface area contributed by atoms with Crippen molar-refractivity contribution in [2.45, 2.75) is 12.8 Å². The smallest absolute Gasteiger partial charge is 0.303 e. The van der Waals surface area contributed by atoms with Crippen LogP contribution >= 0.6 is 0 Å². The molecular formula is C9H19N2O2+. The van der Waals surface area contributed by atoms with Crippen molar-refractivity contribution in [2.24, 2.45) is 5.92 Å². The highest BCUT2D eigenvalue weighted by Gasteiger charge is 2.20. The molecule has 1 unspecified atom stereocenters. The van der Waals surface area contributed by atoms with Gasteiger partial charge in [0.2, 0.25) is 0 Å². The number of quaternary nitrogens is 1. The first-order valence-electron chi connectivity index (χ1n) is 4.92. The molecule has 0 aliphatic carbocycles. The van der Waals surface area contributed by atoms with Crippen LogP contribution < -0.4 is 10.2 Å². The minimum atomic E-state index is -0.682. The van der Waals surface area contributed by atoms with Gasteiger partial charge in [0.15, 0.2) is 0 Å². The summed E-state index contributed by atoms with van der Waals surface area (Å²) >= 11 is 0. The summed E-state index contributed by atoms with van der Waals surface area (Å²) < 4.78 is 0. The molecule has 76 valence electrons. The van der Waals surface area contributed by atoms with Crippen molar-refractivity contribution in [3.8, 4) is 0 Å². The van der Waals surface area contributed by atoms with E-state index < -0.39 is 5.97 Å². The van der Waals surface area contributed by atoms with Gasteiger partial charge in [-0.15, -0.1) is 0 Å². The maximum atomic E-state index is 10.3. The van der Waals surface area contributed by atoms with Crippen molar-refractivity contribution in [2.75, 3.05) is 33.2 Å². The van der Waals surface area contributed by atoms with Crippen molar-refractivity contribution in [3.05, 3.63) is 0 Å². The first-order chi connectivity index (χ1) is 6.18. The highest BCUT2D eigenvalue weighted by atomic mass is 16.4. The van der Waals surface area contributed by atoms with Crippen LogP contribution in [0.2, 0.25) is 0 Å². The average Bonchev–Trinajstić information content (AvgIpc) is 1.96. The van der Waals surface area contributed by atoms with Gasteiger partial charge in [0.05, 0.1) is 26.6 Å². The third kappa shape index (κ3) is 4.24. The number of carboxylic acid groups (broad SMARTS) is 1. The van der Waals surface area contributed by atoms with Gasteiger partial charge in [0.25, 0.3) is 0 Å². The molecule has 0 aromatic rings. The maximum Gasteiger partial charge on any atom is 0.303 e. The number of hydrogen-bond acceptors (Lipinski definition) is 2. The highest BCUT2D eigenvalue weighted by molar-refractivity contribution is 5.66. The van der Waals surface area contributed by atoms with E-state index in [0.29, 0.717) is 6.42 Å². The quantitative estimate of drug-likeness (QED) is 0.478. The zero-order valence-electron chi connectivity index (χ0n) is 8.18. The lowest BCUT2D eigenvalue weighted by molar-refractivity contribution is -0.883. The third-order valence-corrected chi connectivity index (χ3v) is 2.50. The number of aliphatic carboxylic acids is 1. The van der Waals surface area contributed by atoms with E-state index in [1.807, 2.05) is 0 Å². The van der Waals surface area contributed by atoms with Crippen molar-refractivity contribution in [1.82, 2.24) is 5.32 Å². The van der Waals surface area contributed by atoms with Crippen molar-refractivity contribution < 1.29 is 14.8 Å². The number of carboxylic acids is 1. The fourth-order valence-corrected chi connectivity index (χ4v) is 1.63. The molecule has 0 aromatic heterocycles. The van der Waals surface area contributed by atoms with Crippen LogP contribution in [0, 0.1) is 5.92 Å². The molecule has 1 heterocycles. The lowest BCUT2D eigenvalue weighted by Crippen LogP contribution is -3.10. The van der Waals surface area contributed by atoms with Crippen LogP contribution in [0.3, 0.4) is 0 Å². The Kier molecular flexibility index (Phi) is 4.18. The molecule has 0 saturated carbocycles. The summed E-state index contributed by atoms with van der Waals surface area (Å²) in [6, 6.07) is 0. The zero-order valence-corrected chi connectivity index (χ0v) is 8.18. The fourth-order valence-electron chi connectivity index (χ4n) is 1.63. The maximum absolute atomic E-state index is 10.3. The van der Waals surface area contributed by atoms with Crippen LogP contribution in [0.4, 0.5) is 0 Å². The van der Waals surface area contributed by atoms with E-state index in [1.165, 1.54) is 11.4 Å². The molecule has 0 aromatic carbocycles. The Hall–Kier alpha value is -0.610. The largest absolute Gasteiger partial charge is 0.481 e. The number of nitrogens with one attached hydrogen (secondary N) is 2. The normalized spacial score (nSPS) is 19.5. The number of carbonyl (C=O) groups is 1. The minimum absolute atomic E-state index is 0.306. The van der Waals surface area contributed by atoms with Crippen LogP contribution in [-0.4, -0.2) is 44.3 Å². The zero-order chi connectivity index (χ0) is 9.68. The third-order valence-electron chi connectivity index (χ3n) is 2.50. The topological polar surface area (TPSA) is 53.8 Å². The molecule has 1 aliphatic rings. The Bertz CT molecular complexity index is 169. The van der Waals surface area contributed by atoms with E-state index in [1.54, 1.807) is 0 Å². The lowest BCUT2D eigenvalue weighted by atomic mass is 10.0. The molecule has 0 bridgehead atoms. The van der Waals surface area contributed by atoms with Gasteiger partial charge in [-0.1, -0.05) is 0 Å². The van der Waals surface area contributed by atoms with Gasteiger partial charge >= 0.3 is 5.97 Å². The van der Waals surface area contributed by atoms with Gasteiger partial charge in [0.1, 0.15) is 0 Å². The Morgan fingerprint density at radius 1 is 1.62 bits per heavy atom. The van der Waals surface area contributed by atoms with Crippen LogP contribution in [0.1, 0.15) is 12.8 Å². The Morgan fingerprint density at radius 2 is 2.31 bits per heavy atom. The van der Waals surface area contributed by atoms with E-state index >= 15 is 0 Å². The van der Waals surface area contributed by atoms with E-state index in [-0.39, 0.29) is 0 Å². The molecule has 1 saturated heterocycles. The SMILES string of the molecule is C[NH+](CCCC(=O)O)CC1CNC1. The number of hydrogen-bond donors (Lipinski definition) is 3. The van der Waals surface area contributed by atoms with Crippen LogP contribution in [-0.2, 0) is 4.79 Å². The van der Waals surface area contributed by atoms with Crippen molar-refractivity contribution in [1.29, 1.82) is 0 Å². The monoisotopic (exact) mass is 187 g/mol. The summed E-state index contributed by atoms with van der Waals surface area (Å²) in [6.45, 7) is 4.42. The second-order valence-corrected chi connectivity index (χ2v) is 3.93. The molecule has 1 rings (SSSR count). The summed E-state index contributed by atoms with van der Waals surface area (Å²) in [4.78, 5) is 11.7. The molecule has 0 spiro atoms. The standard InChI is InChI=1S/C9H18N2O2/c1-11(4-2-3-9(12)13)7-8-5-10-6-8/h8,10H,2-7H2,1H3,(H,12,13)/p+1. The van der Waals surface area contributed by atoms with Crippen LogP contribution in [0.25, 0.3) is 0 Å². The van der Waals surface area contributed by atoms with E-state index in [9.17, 15) is 4.79 Å². The Balaban J connectivity index is 1.96. The second kappa shape index (κ2) is 5.19. The minimum Gasteiger partial charge on any atom is -0.481 e. The molecule has 0 radical (unpaired) electrons.